The Bertz CT molecular complexity index is 1010. The van der Waals surface area contributed by atoms with E-state index in [9.17, 15) is 19.5 Å². The third-order valence-electron chi connectivity index (χ3n) is 6.96. The highest BCUT2D eigenvalue weighted by Crippen LogP contribution is 2.37. The first-order valence-electron chi connectivity index (χ1n) is 13.0. The second-order valence-electron chi connectivity index (χ2n) is 11.1. The lowest BCUT2D eigenvalue weighted by Crippen LogP contribution is -2.53. The van der Waals surface area contributed by atoms with Crippen molar-refractivity contribution in [2.45, 2.75) is 78.7 Å². The monoisotopic (exact) mass is 516 g/mol. The molecule has 0 bridgehead atoms. The van der Waals surface area contributed by atoms with Crippen LogP contribution >= 0.6 is 11.3 Å². The summed E-state index contributed by atoms with van der Waals surface area (Å²) in [7, 11) is 1.60. The number of carboxylic acids is 1. The summed E-state index contributed by atoms with van der Waals surface area (Å²) in [5, 5.41) is 10.1. The second kappa shape index (κ2) is 12.2. The third kappa shape index (κ3) is 7.10. The summed E-state index contributed by atoms with van der Waals surface area (Å²) < 4.78 is 5.21. The number of likely N-dealkylation sites (tertiary alicyclic amines) is 1. The van der Waals surface area contributed by atoms with E-state index < -0.39 is 12.0 Å². The number of carboxylic acid groups (broad SMARTS) is 1. The molecule has 0 aromatic carbocycles. The first kappa shape index (κ1) is 28.2. The molecule has 0 spiro atoms. The average molecular weight is 517 g/mol. The number of hydrogen-bond acceptors (Lipinski definition) is 5. The molecule has 2 amide bonds. The van der Waals surface area contributed by atoms with Crippen molar-refractivity contribution in [3.63, 3.8) is 0 Å². The lowest BCUT2D eigenvalue weighted by Gasteiger charge is -2.36. The van der Waals surface area contributed by atoms with Crippen LogP contribution in [0.15, 0.2) is 6.07 Å². The first-order chi connectivity index (χ1) is 17.0. The number of rotatable bonds is 7. The van der Waals surface area contributed by atoms with E-state index in [0.29, 0.717) is 42.6 Å². The fourth-order valence-corrected chi connectivity index (χ4v) is 5.76. The summed E-state index contributed by atoms with van der Waals surface area (Å²) in [4.78, 5) is 44.1. The molecule has 0 radical (unpaired) electrons. The van der Waals surface area contributed by atoms with Gasteiger partial charge in [0, 0.05) is 31.5 Å². The number of aromatic carboxylic acids is 1. The maximum Gasteiger partial charge on any atom is 0.348 e. The largest absolute Gasteiger partial charge is 0.477 e. The molecular weight excluding hydrogens is 476 g/mol. The van der Waals surface area contributed by atoms with Crippen molar-refractivity contribution in [2.75, 3.05) is 31.7 Å². The van der Waals surface area contributed by atoms with E-state index in [1.165, 1.54) is 4.90 Å². The Labute approximate surface area is 219 Å². The number of methoxy groups -OCH3 is 1. The van der Waals surface area contributed by atoms with Crippen LogP contribution in [0.1, 0.15) is 87.2 Å². The van der Waals surface area contributed by atoms with E-state index in [1.807, 2.05) is 20.8 Å². The van der Waals surface area contributed by atoms with Crippen molar-refractivity contribution >= 4 is 34.8 Å². The highest BCUT2D eigenvalue weighted by Gasteiger charge is 2.40. The lowest BCUT2D eigenvalue weighted by molar-refractivity contribution is -0.135. The van der Waals surface area contributed by atoms with E-state index in [1.54, 1.807) is 18.1 Å². The molecule has 1 aliphatic heterocycles. The first-order valence-corrected chi connectivity index (χ1v) is 13.8. The predicted molar refractivity (Wildman–Crippen MR) is 142 cm³/mol. The summed E-state index contributed by atoms with van der Waals surface area (Å²) in [6.45, 7) is 9.65. The van der Waals surface area contributed by atoms with Gasteiger partial charge in [-0.1, -0.05) is 18.8 Å². The molecule has 2 fully saturated rings. The molecule has 1 N–H and O–H groups in total. The number of hydrogen-bond donors (Lipinski definition) is 1. The van der Waals surface area contributed by atoms with E-state index in [0.717, 1.165) is 49.9 Å². The summed E-state index contributed by atoms with van der Waals surface area (Å²) in [5.74, 6) is 5.24. The minimum Gasteiger partial charge on any atom is -0.477 e. The zero-order valence-corrected chi connectivity index (χ0v) is 23.1. The van der Waals surface area contributed by atoms with Crippen LogP contribution in [-0.2, 0) is 14.3 Å². The van der Waals surface area contributed by atoms with Crippen LogP contribution in [0.5, 0.6) is 0 Å². The molecule has 0 unspecified atom stereocenters. The smallest absolute Gasteiger partial charge is 0.348 e. The number of anilines is 1. The summed E-state index contributed by atoms with van der Waals surface area (Å²) >= 11 is 1.07. The molecule has 36 heavy (non-hydrogen) atoms. The van der Waals surface area contributed by atoms with E-state index in [-0.39, 0.29) is 28.0 Å². The van der Waals surface area contributed by atoms with Gasteiger partial charge in [-0.2, -0.15) is 0 Å². The minimum atomic E-state index is -1.11. The van der Waals surface area contributed by atoms with E-state index in [4.69, 9.17) is 4.74 Å². The molecule has 1 aliphatic carbocycles. The molecule has 198 valence electrons. The summed E-state index contributed by atoms with van der Waals surface area (Å²) in [5.41, 5.74) is 0.0577. The van der Waals surface area contributed by atoms with Crippen molar-refractivity contribution in [1.82, 2.24) is 4.90 Å². The van der Waals surface area contributed by atoms with E-state index >= 15 is 0 Å². The van der Waals surface area contributed by atoms with Gasteiger partial charge in [0.25, 0.3) is 0 Å². The Morgan fingerprint density at radius 1 is 1.19 bits per heavy atom. The Kier molecular flexibility index (Phi) is 9.59. The van der Waals surface area contributed by atoms with Crippen LogP contribution in [0, 0.1) is 29.1 Å². The van der Waals surface area contributed by atoms with Gasteiger partial charge < -0.3 is 14.7 Å². The highest BCUT2D eigenvalue weighted by atomic mass is 32.1. The zero-order chi connectivity index (χ0) is 26.5. The quantitative estimate of drug-likeness (QED) is 0.514. The van der Waals surface area contributed by atoms with Crippen LogP contribution in [-0.4, -0.2) is 60.6 Å². The number of carbonyl (C=O) groups is 3. The maximum absolute atomic E-state index is 14.1. The molecule has 1 saturated carbocycles. The van der Waals surface area contributed by atoms with Crippen LogP contribution in [0.2, 0.25) is 0 Å². The topological polar surface area (TPSA) is 87.2 Å². The molecule has 1 aromatic heterocycles. The normalized spacial score (nSPS) is 23.0. The van der Waals surface area contributed by atoms with Crippen molar-refractivity contribution in [2.24, 2.45) is 17.3 Å². The molecule has 1 aromatic rings. The molecule has 7 nitrogen and oxygen atoms in total. The van der Waals surface area contributed by atoms with Crippen LogP contribution < -0.4 is 4.90 Å². The van der Waals surface area contributed by atoms with Crippen molar-refractivity contribution in [1.29, 1.82) is 0 Å². The standard InChI is InChI=1S/C28H40N2O5S/c1-19-9-11-20(12-10-19)25(31)30(22-8-6-7-15-29(26(22)32)16-17-35-5)23-18-21(13-14-28(2,3)4)36-24(23)27(33)34/h18-20,22H,6-12,15-17H2,1-5H3,(H,33,34)/t19?,20?,22-/m0/s1. The van der Waals surface area contributed by atoms with Gasteiger partial charge in [0.1, 0.15) is 10.9 Å². The van der Waals surface area contributed by atoms with Gasteiger partial charge in [-0.3, -0.25) is 14.5 Å². The van der Waals surface area contributed by atoms with Gasteiger partial charge in [-0.25, -0.2) is 4.79 Å². The number of ether oxygens (including phenoxy) is 1. The van der Waals surface area contributed by atoms with Gasteiger partial charge in [-0.15, -0.1) is 11.3 Å². The molecule has 1 saturated heterocycles. The van der Waals surface area contributed by atoms with Crippen molar-refractivity contribution in [3.8, 4) is 11.8 Å². The SMILES string of the molecule is COCCN1CCCC[C@H](N(C(=O)C2CCC(C)CC2)c2cc(C#CC(C)(C)C)sc2C(=O)O)C1=O. The Morgan fingerprint density at radius 2 is 1.89 bits per heavy atom. The molecular formula is C28H40N2O5S. The number of thiophene rings is 1. The van der Waals surface area contributed by atoms with Crippen LogP contribution in [0.4, 0.5) is 5.69 Å². The van der Waals surface area contributed by atoms with Crippen molar-refractivity contribution < 1.29 is 24.2 Å². The third-order valence-corrected chi connectivity index (χ3v) is 7.99. The number of amides is 2. The molecule has 3 rings (SSSR count). The lowest BCUT2D eigenvalue weighted by atomic mass is 9.82. The number of carbonyl (C=O) groups excluding carboxylic acids is 2. The second-order valence-corrected chi connectivity index (χ2v) is 12.2. The Hall–Kier alpha value is -2.37. The van der Waals surface area contributed by atoms with E-state index in [2.05, 4.69) is 18.8 Å². The fraction of sp³-hybridized carbons (Fsp3) is 0.679. The van der Waals surface area contributed by atoms with Crippen LogP contribution in [0.3, 0.4) is 0 Å². The Morgan fingerprint density at radius 3 is 2.50 bits per heavy atom. The molecule has 8 heteroatoms. The number of nitrogens with zero attached hydrogens (tertiary/aromatic N) is 2. The van der Waals surface area contributed by atoms with Gasteiger partial charge in [-0.05, 0) is 77.7 Å². The van der Waals surface area contributed by atoms with Crippen LogP contribution in [0.25, 0.3) is 0 Å². The maximum atomic E-state index is 14.1. The molecule has 2 aliphatic rings. The van der Waals surface area contributed by atoms with Crippen molar-refractivity contribution in [3.05, 3.63) is 15.8 Å². The minimum absolute atomic E-state index is 0.0613. The molecule has 1 atom stereocenters. The van der Waals surface area contributed by atoms with Gasteiger partial charge in [0.2, 0.25) is 11.8 Å². The molecule has 2 heterocycles. The van der Waals surface area contributed by atoms with Gasteiger partial charge in [0.05, 0.1) is 17.2 Å². The highest BCUT2D eigenvalue weighted by molar-refractivity contribution is 7.15. The zero-order valence-electron chi connectivity index (χ0n) is 22.3. The summed E-state index contributed by atoms with van der Waals surface area (Å²) in [6, 6.07) is 0.973. The summed E-state index contributed by atoms with van der Waals surface area (Å²) in [6.07, 6.45) is 5.57. The van der Waals surface area contributed by atoms with Gasteiger partial charge >= 0.3 is 5.97 Å². The Balaban J connectivity index is 2.08. The van der Waals surface area contributed by atoms with Gasteiger partial charge in [0.15, 0.2) is 0 Å². The fourth-order valence-electron chi connectivity index (χ4n) is 4.92. The predicted octanol–water partition coefficient (Wildman–Crippen LogP) is 5.03. The average Bonchev–Trinajstić information content (AvgIpc) is 3.16.